The average molecular weight is 378 g/mol. The number of hydrogen-bond donors (Lipinski definition) is 1. The third-order valence-corrected chi connectivity index (χ3v) is 7.86. The maximum atomic E-state index is 13.5. The Hall–Kier alpha value is -1.77. The second kappa shape index (κ2) is 6.44. The van der Waals surface area contributed by atoms with Crippen LogP contribution >= 0.6 is 0 Å². The van der Waals surface area contributed by atoms with Crippen LogP contribution in [0.15, 0.2) is 30.5 Å². The first-order chi connectivity index (χ1) is 12.3. The molecular weight excluding hydrogens is 355 g/mol. The van der Waals surface area contributed by atoms with Crippen LogP contribution in [0.1, 0.15) is 5.56 Å². The molecule has 2 saturated heterocycles. The average Bonchev–Trinajstić information content (AvgIpc) is 3.25. The van der Waals surface area contributed by atoms with E-state index in [2.05, 4.69) is 15.1 Å². The van der Waals surface area contributed by atoms with Crippen molar-refractivity contribution < 1.29 is 12.8 Å². The van der Waals surface area contributed by atoms with Crippen LogP contribution in [0.2, 0.25) is 0 Å². The quantitative estimate of drug-likeness (QED) is 0.870. The van der Waals surface area contributed by atoms with Gasteiger partial charge in [-0.15, -0.1) is 0 Å². The summed E-state index contributed by atoms with van der Waals surface area (Å²) in [5, 5.41) is 6.77. The fraction of sp³-hybridized carbons (Fsp3) is 0.500. The zero-order valence-corrected chi connectivity index (χ0v) is 15.7. The van der Waals surface area contributed by atoms with E-state index in [4.69, 9.17) is 0 Å². The van der Waals surface area contributed by atoms with Crippen molar-refractivity contribution in [3.63, 3.8) is 0 Å². The van der Waals surface area contributed by atoms with Crippen LogP contribution in [0, 0.1) is 11.7 Å². The molecule has 2 aromatic rings. The largest absolute Gasteiger partial charge is 0.305 e. The number of nitrogens with one attached hydrogen (secondary N) is 1. The van der Waals surface area contributed by atoms with Gasteiger partial charge in [0.15, 0.2) is 9.84 Å². The fourth-order valence-electron chi connectivity index (χ4n) is 4.34. The lowest BCUT2D eigenvalue weighted by Crippen LogP contribution is -2.37. The van der Waals surface area contributed by atoms with Crippen LogP contribution < -0.4 is 0 Å². The topological polar surface area (TPSA) is 69.3 Å². The first-order valence-corrected chi connectivity index (χ1v) is 10.5. The summed E-state index contributed by atoms with van der Waals surface area (Å²) in [5.74, 6) is 0.0989. The first-order valence-electron chi connectivity index (χ1n) is 8.73. The minimum atomic E-state index is -3.05. The predicted molar refractivity (Wildman–Crippen MR) is 97.8 cm³/mol. The van der Waals surface area contributed by atoms with Crippen molar-refractivity contribution in [3.05, 3.63) is 41.8 Å². The van der Waals surface area contributed by atoms with E-state index in [1.807, 2.05) is 25.1 Å². The van der Waals surface area contributed by atoms with E-state index in [1.54, 1.807) is 12.3 Å². The van der Waals surface area contributed by atoms with Gasteiger partial charge in [0, 0.05) is 42.7 Å². The number of nitrogens with zero attached hydrogens (tertiary/aromatic N) is 3. The van der Waals surface area contributed by atoms with Gasteiger partial charge in [0.05, 0.1) is 22.9 Å². The highest BCUT2D eigenvalue weighted by molar-refractivity contribution is 7.92. The Morgan fingerprint density at radius 3 is 2.88 bits per heavy atom. The van der Waals surface area contributed by atoms with E-state index >= 15 is 0 Å². The molecule has 0 spiro atoms. The summed E-state index contributed by atoms with van der Waals surface area (Å²) >= 11 is 0. The van der Waals surface area contributed by atoms with Gasteiger partial charge in [0.25, 0.3) is 0 Å². The van der Waals surface area contributed by atoms with Crippen molar-refractivity contribution in [1.29, 1.82) is 0 Å². The van der Waals surface area contributed by atoms with Crippen LogP contribution in [0.5, 0.6) is 0 Å². The molecule has 1 aromatic carbocycles. The van der Waals surface area contributed by atoms with E-state index in [-0.39, 0.29) is 28.8 Å². The summed E-state index contributed by atoms with van der Waals surface area (Å²) < 4.78 is 38.6. The van der Waals surface area contributed by atoms with E-state index in [1.165, 1.54) is 12.1 Å². The monoisotopic (exact) mass is 378 g/mol. The van der Waals surface area contributed by atoms with Crippen LogP contribution in [0.25, 0.3) is 11.3 Å². The van der Waals surface area contributed by atoms with Crippen LogP contribution in [-0.4, -0.2) is 72.6 Å². The van der Waals surface area contributed by atoms with Crippen molar-refractivity contribution in [1.82, 2.24) is 20.0 Å². The highest BCUT2D eigenvalue weighted by atomic mass is 32.2. The minimum absolute atomic E-state index is 0.0713. The molecule has 2 fully saturated rings. The molecule has 3 atom stereocenters. The lowest BCUT2D eigenvalue weighted by atomic mass is 10.00. The summed E-state index contributed by atoms with van der Waals surface area (Å²) in [6.07, 6.45) is 1.74. The third kappa shape index (κ3) is 3.06. The molecule has 140 valence electrons. The van der Waals surface area contributed by atoms with Crippen molar-refractivity contribution in [2.45, 2.75) is 17.8 Å². The number of aromatic amines is 1. The van der Waals surface area contributed by atoms with Gasteiger partial charge >= 0.3 is 0 Å². The molecule has 4 rings (SSSR count). The molecule has 0 radical (unpaired) electrons. The normalized spacial score (nSPS) is 27.9. The molecule has 0 amide bonds. The Balaban J connectivity index is 1.55. The van der Waals surface area contributed by atoms with Gasteiger partial charge in [-0.25, -0.2) is 12.8 Å². The predicted octanol–water partition coefficient (Wildman–Crippen LogP) is 1.37. The number of halogens is 1. The number of sulfone groups is 1. The van der Waals surface area contributed by atoms with Crippen LogP contribution in [0.3, 0.4) is 0 Å². The van der Waals surface area contributed by atoms with Crippen LogP contribution in [-0.2, 0) is 16.4 Å². The smallest absolute Gasteiger partial charge is 0.156 e. The lowest BCUT2D eigenvalue weighted by Gasteiger charge is -2.25. The summed E-state index contributed by atoms with van der Waals surface area (Å²) in [5.41, 5.74) is 2.48. The molecule has 0 unspecified atom stereocenters. The van der Waals surface area contributed by atoms with Gasteiger partial charge in [-0.3, -0.25) is 10.00 Å². The first kappa shape index (κ1) is 17.6. The van der Waals surface area contributed by atoms with Crippen molar-refractivity contribution in [2.24, 2.45) is 5.92 Å². The Kier molecular flexibility index (Phi) is 4.37. The number of hydrogen-bond acceptors (Lipinski definition) is 5. The van der Waals surface area contributed by atoms with Crippen LogP contribution in [0.4, 0.5) is 4.39 Å². The van der Waals surface area contributed by atoms with Gasteiger partial charge in [-0.05, 0) is 26.2 Å². The number of fused-ring (bicyclic) bond motifs is 1. The number of aromatic nitrogens is 2. The summed E-state index contributed by atoms with van der Waals surface area (Å²) in [6, 6.07) is 6.47. The molecule has 0 bridgehead atoms. The lowest BCUT2D eigenvalue weighted by molar-refractivity contribution is 0.230. The SMILES string of the molecule is CN(C)[C@H]1CS(=O)(=O)[C@H]2CN(Cc3cn[nH]c3-c3cccc(F)c3)C[C@@H]12. The van der Waals surface area contributed by atoms with Crippen molar-refractivity contribution >= 4 is 9.84 Å². The molecular formula is C18H23FN4O2S. The standard InChI is InChI=1S/C18H23FN4O2S/c1-22(2)16-11-26(24,25)17-10-23(9-15(16)17)8-13-7-20-21-18(13)12-4-3-5-14(19)6-12/h3-7,15-17H,8-11H2,1-2H3,(H,20,21)/t15-,16-,17-/m0/s1. The molecule has 1 N–H and O–H groups in total. The summed E-state index contributed by atoms with van der Waals surface area (Å²) in [7, 11) is 0.841. The number of H-pyrrole nitrogens is 1. The molecule has 8 heteroatoms. The molecule has 0 saturated carbocycles. The third-order valence-electron chi connectivity index (χ3n) is 5.63. The van der Waals surface area contributed by atoms with Crippen molar-refractivity contribution in [2.75, 3.05) is 32.9 Å². The molecule has 1 aromatic heterocycles. The maximum absolute atomic E-state index is 13.5. The molecule has 26 heavy (non-hydrogen) atoms. The zero-order chi connectivity index (χ0) is 18.5. The fourth-order valence-corrected chi connectivity index (χ4v) is 6.85. The van der Waals surface area contributed by atoms with Crippen molar-refractivity contribution in [3.8, 4) is 11.3 Å². The molecule has 2 aliphatic rings. The van der Waals surface area contributed by atoms with E-state index < -0.39 is 9.84 Å². The highest BCUT2D eigenvalue weighted by Gasteiger charge is 2.52. The molecule has 3 heterocycles. The molecule has 2 aliphatic heterocycles. The zero-order valence-electron chi connectivity index (χ0n) is 14.9. The Labute approximate surface area is 152 Å². The van der Waals surface area contributed by atoms with Gasteiger partial charge < -0.3 is 4.90 Å². The molecule has 6 nitrogen and oxygen atoms in total. The summed E-state index contributed by atoms with van der Waals surface area (Å²) in [6.45, 7) is 1.90. The maximum Gasteiger partial charge on any atom is 0.156 e. The Morgan fingerprint density at radius 2 is 2.15 bits per heavy atom. The van der Waals surface area contributed by atoms with E-state index in [9.17, 15) is 12.8 Å². The van der Waals surface area contributed by atoms with E-state index in [0.717, 1.165) is 23.4 Å². The van der Waals surface area contributed by atoms with Gasteiger partial charge in [-0.2, -0.15) is 5.10 Å². The van der Waals surface area contributed by atoms with Gasteiger partial charge in [-0.1, -0.05) is 12.1 Å². The number of benzene rings is 1. The summed E-state index contributed by atoms with van der Waals surface area (Å²) in [4.78, 5) is 4.21. The Bertz CT molecular complexity index is 911. The Morgan fingerprint density at radius 1 is 1.35 bits per heavy atom. The molecule has 0 aliphatic carbocycles. The second-order valence-electron chi connectivity index (χ2n) is 7.54. The second-order valence-corrected chi connectivity index (χ2v) is 9.80. The minimum Gasteiger partial charge on any atom is -0.305 e. The van der Waals surface area contributed by atoms with E-state index in [0.29, 0.717) is 13.1 Å². The highest BCUT2D eigenvalue weighted by Crippen LogP contribution is 2.37. The van der Waals surface area contributed by atoms with Gasteiger partial charge in [0.1, 0.15) is 5.82 Å². The number of likely N-dealkylation sites (tertiary alicyclic amines) is 1. The number of rotatable bonds is 4. The van der Waals surface area contributed by atoms with Gasteiger partial charge in [0.2, 0.25) is 0 Å².